The molecule has 0 radical (unpaired) electrons. The van der Waals surface area contributed by atoms with Crippen LogP contribution in [0.1, 0.15) is 36.3 Å². The van der Waals surface area contributed by atoms with Crippen LogP contribution in [0.15, 0.2) is 24.3 Å². The first-order chi connectivity index (χ1) is 11.1. The van der Waals surface area contributed by atoms with E-state index in [1.54, 1.807) is 7.11 Å². The molecule has 1 aliphatic rings. The van der Waals surface area contributed by atoms with Gasteiger partial charge in [0.05, 0.1) is 19.1 Å². The molecule has 122 valence electrons. The third-order valence-electron chi connectivity index (χ3n) is 4.42. The molecule has 6 nitrogen and oxygen atoms in total. The fourth-order valence-corrected chi connectivity index (χ4v) is 3.75. The number of nitrogen functional groups attached to an aromatic ring is 1. The average molecular weight is 332 g/mol. The van der Waals surface area contributed by atoms with Crippen molar-refractivity contribution >= 4 is 22.4 Å². The summed E-state index contributed by atoms with van der Waals surface area (Å²) in [5.74, 6) is 0.848. The molecule has 1 aromatic heterocycles. The molecule has 1 heterocycles. The molecule has 0 unspecified atom stereocenters. The molecule has 0 spiro atoms. The highest BCUT2D eigenvalue weighted by Crippen LogP contribution is 2.41. The molecule has 1 amide bonds. The monoisotopic (exact) mass is 332 g/mol. The number of anilines is 1. The number of hydrogen-bond acceptors (Lipinski definition) is 6. The highest BCUT2D eigenvalue weighted by Gasteiger charge is 2.42. The Labute approximate surface area is 139 Å². The quantitative estimate of drug-likeness (QED) is 0.876. The van der Waals surface area contributed by atoms with E-state index in [-0.39, 0.29) is 5.91 Å². The molecule has 2 aromatic rings. The van der Waals surface area contributed by atoms with Crippen LogP contribution < -0.4 is 15.8 Å². The predicted octanol–water partition coefficient (Wildman–Crippen LogP) is 2.26. The fourth-order valence-electron chi connectivity index (χ4n) is 3.20. The zero-order valence-corrected chi connectivity index (χ0v) is 13.9. The topological polar surface area (TPSA) is 90.1 Å². The summed E-state index contributed by atoms with van der Waals surface area (Å²) < 4.78 is 5.21. The van der Waals surface area contributed by atoms with Crippen LogP contribution in [0.5, 0.6) is 5.75 Å². The van der Waals surface area contributed by atoms with Gasteiger partial charge in [-0.15, -0.1) is 10.2 Å². The van der Waals surface area contributed by atoms with E-state index < -0.39 is 5.41 Å². The van der Waals surface area contributed by atoms with Gasteiger partial charge in [0.1, 0.15) is 10.8 Å². The first kappa shape index (κ1) is 15.7. The first-order valence-corrected chi connectivity index (χ1v) is 8.46. The summed E-state index contributed by atoms with van der Waals surface area (Å²) >= 11 is 1.30. The lowest BCUT2D eigenvalue weighted by Gasteiger charge is -2.28. The standard InChI is InChI=1S/C16H20N4O2S/c1-22-12-6-4-11(5-7-12)16(8-2-3-9-16)14(21)18-10-13-19-20-15(17)23-13/h4-7H,2-3,8-10H2,1H3,(H2,17,20)(H,18,21). The van der Waals surface area contributed by atoms with E-state index in [2.05, 4.69) is 15.5 Å². The number of hydrogen-bond donors (Lipinski definition) is 2. The van der Waals surface area contributed by atoms with Gasteiger partial charge < -0.3 is 15.8 Å². The molecule has 3 N–H and O–H groups in total. The van der Waals surface area contributed by atoms with E-state index in [0.29, 0.717) is 11.7 Å². The predicted molar refractivity (Wildman–Crippen MR) is 89.3 cm³/mol. The number of methoxy groups -OCH3 is 1. The maximum Gasteiger partial charge on any atom is 0.231 e. The van der Waals surface area contributed by atoms with Crippen LogP contribution in [0, 0.1) is 0 Å². The second-order valence-electron chi connectivity index (χ2n) is 5.73. The van der Waals surface area contributed by atoms with Gasteiger partial charge in [0, 0.05) is 0 Å². The number of nitrogens with one attached hydrogen (secondary N) is 1. The smallest absolute Gasteiger partial charge is 0.231 e. The van der Waals surface area contributed by atoms with E-state index in [4.69, 9.17) is 10.5 Å². The maximum atomic E-state index is 12.9. The third-order valence-corrected chi connectivity index (χ3v) is 5.17. The largest absolute Gasteiger partial charge is 0.497 e. The van der Waals surface area contributed by atoms with Gasteiger partial charge in [-0.25, -0.2) is 0 Å². The molecule has 1 saturated carbocycles. The Bertz CT molecular complexity index is 678. The number of carbonyl (C=O) groups excluding carboxylic acids is 1. The normalized spacial score (nSPS) is 16.2. The number of nitrogens with zero attached hydrogens (tertiary/aromatic N) is 2. The molecule has 0 aliphatic heterocycles. The second kappa shape index (κ2) is 6.54. The lowest BCUT2D eigenvalue weighted by Crippen LogP contribution is -2.42. The van der Waals surface area contributed by atoms with Crippen molar-refractivity contribution < 1.29 is 9.53 Å². The van der Waals surface area contributed by atoms with Crippen LogP contribution in [0.4, 0.5) is 5.13 Å². The van der Waals surface area contributed by atoms with Gasteiger partial charge in [-0.05, 0) is 30.5 Å². The summed E-state index contributed by atoms with van der Waals surface area (Å²) in [7, 11) is 1.64. The number of amides is 1. The van der Waals surface area contributed by atoms with Gasteiger partial charge in [0.25, 0.3) is 0 Å². The Morgan fingerprint density at radius 2 is 2.00 bits per heavy atom. The van der Waals surface area contributed by atoms with Gasteiger partial charge in [0.15, 0.2) is 0 Å². The van der Waals surface area contributed by atoms with Gasteiger partial charge in [-0.1, -0.05) is 36.3 Å². The van der Waals surface area contributed by atoms with Crippen LogP contribution in [0.2, 0.25) is 0 Å². The Kier molecular flexibility index (Phi) is 4.47. The molecule has 0 bridgehead atoms. The molecule has 1 fully saturated rings. The van der Waals surface area contributed by atoms with Crippen LogP contribution in [0.25, 0.3) is 0 Å². The molecule has 1 aromatic carbocycles. The Morgan fingerprint density at radius 3 is 2.57 bits per heavy atom. The average Bonchev–Trinajstić information content (AvgIpc) is 3.22. The number of benzene rings is 1. The molecule has 0 saturated heterocycles. The van der Waals surface area contributed by atoms with E-state index >= 15 is 0 Å². The number of aromatic nitrogens is 2. The van der Waals surface area contributed by atoms with Crippen molar-refractivity contribution in [3.8, 4) is 5.75 Å². The highest BCUT2D eigenvalue weighted by molar-refractivity contribution is 7.15. The van der Waals surface area contributed by atoms with Gasteiger partial charge in [-0.3, -0.25) is 4.79 Å². The van der Waals surface area contributed by atoms with E-state index in [9.17, 15) is 4.79 Å². The third kappa shape index (κ3) is 3.14. The summed E-state index contributed by atoms with van der Waals surface area (Å²) in [4.78, 5) is 12.9. The van der Waals surface area contributed by atoms with E-state index in [1.165, 1.54) is 11.3 Å². The first-order valence-electron chi connectivity index (χ1n) is 7.65. The van der Waals surface area contributed by atoms with Gasteiger partial charge in [0.2, 0.25) is 11.0 Å². The maximum absolute atomic E-state index is 12.9. The molecular formula is C16H20N4O2S. The van der Waals surface area contributed by atoms with Crippen LogP contribution >= 0.6 is 11.3 Å². The highest BCUT2D eigenvalue weighted by atomic mass is 32.1. The molecule has 7 heteroatoms. The number of ether oxygens (including phenoxy) is 1. The summed E-state index contributed by atoms with van der Waals surface area (Å²) in [6.45, 7) is 0.367. The van der Waals surface area contributed by atoms with Crippen molar-refractivity contribution in [2.24, 2.45) is 0 Å². The Morgan fingerprint density at radius 1 is 1.30 bits per heavy atom. The minimum Gasteiger partial charge on any atom is -0.497 e. The minimum absolute atomic E-state index is 0.0499. The summed E-state index contributed by atoms with van der Waals surface area (Å²) in [5.41, 5.74) is 6.16. The van der Waals surface area contributed by atoms with Crippen molar-refractivity contribution in [3.63, 3.8) is 0 Å². The fraction of sp³-hybridized carbons (Fsp3) is 0.438. The summed E-state index contributed by atoms with van der Waals surface area (Å²) in [6, 6.07) is 7.81. The van der Waals surface area contributed by atoms with E-state index in [1.807, 2.05) is 24.3 Å². The SMILES string of the molecule is COc1ccc(C2(C(=O)NCc3nnc(N)s3)CCCC2)cc1. The van der Waals surface area contributed by atoms with Gasteiger partial charge in [-0.2, -0.15) is 0 Å². The molecule has 0 atom stereocenters. The number of carbonyl (C=O) groups is 1. The van der Waals surface area contributed by atoms with Crippen LogP contribution in [-0.4, -0.2) is 23.2 Å². The molecule has 23 heavy (non-hydrogen) atoms. The zero-order valence-electron chi connectivity index (χ0n) is 13.0. The van der Waals surface area contributed by atoms with Crippen molar-refractivity contribution in [1.82, 2.24) is 15.5 Å². The summed E-state index contributed by atoms with van der Waals surface area (Å²) in [6.07, 6.45) is 3.85. The van der Waals surface area contributed by atoms with Crippen molar-refractivity contribution in [2.45, 2.75) is 37.6 Å². The van der Waals surface area contributed by atoms with Crippen LogP contribution in [-0.2, 0) is 16.8 Å². The molecule has 1 aliphatic carbocycles. The molecular weight excluding hydrogens is 312 g/mol. The van der Waals surface area contributed by atoms with Crippen molar-refractivity contribution in [2.75, 3.05) is 12.8 Å². The zero-order chi connectivity index (χ0) is 16.3. The molecule has 3 rings (SSSR count). The lowest BCUT2D eigenvalue weighted by atomic mass is 9.78. The van der Waals surface area contributed by atoms with Crippen molar-refractivity contribution in [3.05, 3.63) is 34.8 Å². The Balaban J connectivity index is 1.77. The second-order valence-corrected chi connectivity index (χ2v) is 6.83. The minimum atomic E-state index is -0.456. The summed E-state index contributed by atoms with van der Waals surface area (Å²) in [5, 5.41) is 11.9. The van der Waals surface area contributed by atoms with E-state index in [0.717, 1.165) is 42.0 Å². The lowest BCUT2D eigenvalue weighted by molar-refractivity contribution is -0.126. The number of nitrogens with two attached hydrogens (primary N) is 1. The number of rotatable bonds is 5. The van der Waals surface area contributed by atoms with Gasteiger partial charge >= 0.3 is 0 Å². The Hall–Kier alpha value is -2.15. The van der Waals surface area contributed by atoms with Crippen molar-refractivity contribution in [1.29, 1.82) is 0 Å². The van der Waals surface area contributed by atoms with Crippen LogP contribution in [0.3, 0.4) is 0 Å².